The monoisotopic (exact) mass is 381 g/mol. The van der Waals surface area contributed by atoms with Gasteiger partial charge in [-0.15, -0.1) is 0 Å². The van der Waals surface area contributed by atoms with Gasteiger partial charge in [-0.2, -0.15) is 0 Å². The van der Waals surface area contributed by atoms with Gasteiger partial charge in [0.05, 0.1) is 10.6 Å². The molecule has 27 heavy (non-hydrogen) atoms. The van der Waals surface area contributed by atoms with Gasteiger partial charge in [-0.3, -0.25) is 15.1 Å². The molecule has 0 atom stereocenters. The Balaban J connectivity index is 1.99. The first-order valence-electron chi connectivity index (χ1n) is 8.52. The summed E-state index contributed by atoms with van der Waals surface area (Å²) in [6.07, 6.45) is 1.75. The number of nitrogens with zero attached hydrogens (tertiary/aromatic N) is 3. The summed E-state index contributed by atoms with van der Waals surface area (Å²) in [4.78, 5) is 15.3. The molecular weight excluding hydrogens is 362 g/mol. The number of halogens is 1. The highest BCUT2D eigenvalue weighted by Gasteiger charge is 2.14. The van der Waals surface area contributed by atoms with Crippen LogP contribution in [0, 0.1) is 37.8 Å². The first kappa shape index (κ1) is 18.9. The molecule has 0 spiro atoms. The lowest BCUT2D eigenvalue weighted by molar-refractivity contribution is -0.385. The zero-order valence-corrected chi connectivity index (χ0v) is 16.4. The summed E-state index contributed by atoms with van der Waals surface area (Å²) in [6, 6.07) is 13.1. The third-order valence-corrected chi connectivity index (χ3v) is 4.98. The van der Waals surface area contributed by atoms with Crippen molar-refractivity contribution in [2.24, 2.45) is 4.99 Å². The van der Waals surface area contributed by atoms with Crippen LogP contribution in [-0.2, 0) is 0 Å². The van der Waals surface area contributed by atoms with Crippen molar-refractivity contribution in [3.63, 3.8) is 0 Å². The van der Waals surface area contributed by atoms with Crippen LogP contribution < -0.4 is 0 Å². The van der Waals surface area contributed by atoms with Crippen molar-refractivity contribution in [1.82, 2.24) is 4.57 Å². The van der Waals surface area contributed by atoms with E-state index in [9.17, 15) is 10.1 Å². The van der Waals surface area contributed by atoms with Crippen molar-refractivity contribution in [3.8, 4) is 5.69 Å². The Kier molecular flexibility index (Phi) is 5.15. The molecule has 0 N–H and O–H groups in total. The molecular formula is C21H20ClN3O2. The Morgan fingerprint density at radius 2 is 1.74 bits per heavy atom. The standard InChI is InChI=1S/C21H20ClN3O2/c1-13-9-19(11-21(15(13)3)25(26)27)23-12-17-10-14(2)24(16(17)4)20-7-5-18(22)6-8-20/h5-12H,1-4H3. The van der Waals surface area contributed by atoms with Gasteiger partial charge in [0.25, 0.3) is 5.69 Å². The molecule has 0 saturated carbocycles. The summed E-state index contributed by atoms with van der Waals surface area (Å²) in [6.45, 7) is 7.65. The van der Waals surface area contributed by atoms with Crippen LogP contribution in [0.2, 0.25) is 5.02 Å². The van der Waals surface area contributed by atoms with Crippen LogP contribution in [-0.4, -0.2) is 15.7 Å². The van der Waals surface area contributed by atoms with E-state index in [1.54, 1.807) is 13.1 Å². The molecule has 0 aliphatic heterocycles. The molecule has 3 rings (SSSR count). The normalized spacial score (nSPS) is 11.3. The van der Waals surface area contributed by atoms with Gasteiger partial charge < -0.3 is 4.57 Å². The van der Waals surface area contributed by atoms with E-state index in [0.717, 1.165) is 28.2 Å². The number of benzene rings is 2. The average molecular weight is 382 g/mol. The van der Waals surface area contributed by atoms with Crippen molar-refractivity contribution in [3.05, 3.63) is 85.7 Å². The average Bonchev–Trinajstić information content (AvgIpc) is 2.90. The van der Waals surface area contributed by atoms with Gasteiger partial charge in [0.15, 0.2) is 0 Å². The predicted octanol–water partition coefficient (Wildman–Crippen LogP) is 6.02. The molecule has 0 aliphatic carbocycles. The maximum Gasteiger partial charge on any atom is 0.274 e. The molecule has 0 aliphatic rings. The summed E-state index contributed by atoms with van der Waals surface area (Å²) >= 11 is 5.98. The predicted molar refractivity (Wildman–Crippen MR) is 110 cm³/mol. The number of nitro benzene ring substituents is 1. The van der Waals surface area contributed by atoms with Crippen LogP contribution in [0.1, 0.15) is 28.1 Å². The van der Waals surface area contributed by atoms with Gasteiger partial charge in [-0.05, 0) is 69.7 Å². The molecule has 0 bridgehead atoms. The fourth-order valence-corrected chi connectivity index (χ4v) is 3.26. The maximum atomic E-state index is 11.2. The molecule has 1 heterocycles. The summed E-state index contributed by atoms with van der Waals surface area (Å²) < 4.78 is 2.13. The minimum absolute atomic E-state index is 0.0915. The summed E-state index contributed by atoms with van der Waals surface area (Å²) in [5, 5.41) is 11.9. The van der Waals surface area contributed by atoms with E-state index in [4.69, 9.17) is 11.6 Å². The molecule has 0 amide bonds. The number of nitro groups is 1. The van der Waals surface area contributed by atoms with E-state index in [1.807, 2.05) is 57.2 Å². The zero-order valence-electron chi connectivity index (χ0n) is 15.7. The first-order valence-corrected chi connectivity index (χ1v) is 8.90. The maximum absolute atomic E-state index is 11.2. The molecule has 0 saturated heterocycles. The van der Waals surface area contributed by atoms with Crippen LogP contribution in [0.25, 0.3) is 5.69 Å². The van der Waals surface area contributed by atoms with Gasteiger partial charge in [-0.1, -0.05) is 11.6 Å². The van der Waals surface area contributed by atoms with Gasteiger partial charge in [-0.25, -0.2) is 0 Å². The van der Waals surface area contributed by atoms with Crippen LogP contribution in [0.5, 0.6) is 0 Å². The SMILES string of the molecule is Cc1cc(N=Cc2cc(C)n(-c3ccc(Cl)cc3)c2C)cc([N+](=O)[O-])c1C. The Morgan fingerprint density at radius 1 is 1.07 bits per heavy atom. The van der Waals surface area contributed by atoms with E-state index in [2.05, 4.69) is 9.56 Å². The van der Waals surface area contributed by atoms with Gasteiger partial charge in [0, 0.05) is 45.5 Å². The number of rotatable bonds is 4. The fourth-order valence-electron chi connectivity index (χ4n) is 3.14. The molecule has 5 nitrogen and oxygen atoms in total. The number of aryl methyl sites for hydroxylation is 2. The molecule has 1 aromatic heterocycles. The lowest BCUT2D eigenvalue weighted by Crippen LogP contribution is -1.99. The highest BCUT2D eigenvalue weighted by atomic mass is 35.5. The Morgan fingerprint density at radius 3 is 2.37 bits per heavy atom. The first-order chi connectivity index (χ1) is 12.8. The summed E-state index contributed by atoms with van der Waals surface area (Å²) in [5.41, 5.74) is 6.27. The van der Waals surface area contributed by atoms with Crippen molar-refractivity contribution in [2.45, 2.75) is 27.7 Å². The third-order valence-electron chi connectivity index (χ3n) is 4.73. The van der Waals surface area contributed by atoms with Crippen molar-refractivity contribution in [1.29, 1.82) is 0 Å². The van der Waals surface area contributed by atoms with Crippen LogP contribution in [0.3, 0.4) is 0 Å². The van der Waals surface area contributed by atoms with E-state index in [-0.39, 0.29) is 10.6 Å². The van der Waals surface area contributed by atoms with Crippen LogP contribution in [0.15, 0.2) is 47.5 Å². The minimum atomic E-state index is -0.367. The quantitative estimate of drug-likeness (QED) is 0.315. The molecule has 0 radical (unpaired) electrons. The van der Waals surface area contributed by atoms with Gasteiger partial charge in [0.1, 0.15) is 0 Å². The highest BCUT2D eigenvalue weighted by molar-refractivity contribution is 6.30. The number of aromatic nitrogens is 1. The fraction of sp³-hybridized carbons (Fsp3) is 0.190. The Hall–Kier alpha value is -2.92. The third kappa shape index (κ3) is 3.78. The molecule has 0 fully saturated rings. The highest BCUT2D eigenvalue weighted by Crippen LogP contribution is 2.28. The topological polar surface area (TPSA) is 60.4 Å². The summed E-state index contributed by atoms with van der Waals surface area (Å²) in [5.74, 6) is 0. The molecule has 0 unspecified atom stereocenters. The molecule has 2 aromatic carbocycles. The smallest absolute Gasteiger partial charge is 0.274 e. The zero-order chi connectivity index (χ0) is 19.7. The second-order valence-electron chi connectivity index (χ2n) is 6.56. The second kappa shape index (κ2) is 7.37. The van der Waals surface area contributed by atoms with E-state index < -0.39 is 0 Å². The van der Waals surface area contributed by atoms with Crippen LogP contribution >= 0.6 is 11.6 Å². The second-order valence-corrected chi connectivity index (χ2v) is 7.00. The van der Waals surface area contributed by atoms with E-state index >= 15 is 0 Å². The molecule has 138 valence electrons. The number of hydrogen-bond donors (Lipinski definition) is 0. The Bertz CT molecular complexity index is 1050. The summed E-state index contributed by atoms with van der Waals surface area (Å²) in [7, 11) is 0. The lowest BCUT2D eigenvalue weighted by atomic mass is 10.1. The van der Waals surface area contributed by atoms with Gasteiger partial charge >= 0.3 is 0 Å². The number of hydrogen-bond acceptors (Lipinski definition) is 3. The van der Waals surface area contributed by atoms with E-state index in [1.165, 1.54) is 6.07 Å². The van der Waals surface area contributed by atoms with Gasteiger partial charge in [0.2, 0.25) is 0 Å². The van der Waals surface area contributed by atoms with Crippen molar-refractivity contribution < 1.29 is 4.92 Å². The van der Waals surface area contributed by atoms with Crippen molar-refractivity contribution in [2.75, 3.05) is 0 Å². The molecule has 3 aromatic rings. The van der Waals surface area contributed by atoms with Crippen LogP contribution in [0.4, 0.5) is 11.4 Å². The molecule has 6 heteroatoms. The lowest BCUT2D eigenvalue weighted by Gasteiger charge is -2.09. The largest absolute Gasteiger partial charge is 0.318 e. The number of aliphatic imine (C=N–C) groups is 1. The minimum Gasteiger partial charge on any atom is -0.318 e. The van der Waals surface area contributed by atoms with E-state index in [0.29, 0.717) is 16.3 Å². The van der Waals surface area contributed by atoms with Crippen molar-refractivity contribution >= 4 is 29.2 Å². The Labute approximate surface area is 163 Å².